The van der Waals surface area contributed by atoms with E-state index in [1.165, 1.54) is 17.0 Å². The second-order valence-electron chi connectivity index (χ2n) is 14.3. The zero-order valence-corrected chi connectivity index (χ0v) is 32.1. The fourth-order valence-electron chi connectivity index (χ4n) is 7.04. The number of benzene rings is 4. The standard InChI is InChI=1S/C43H44F3N4O4P/c1-5-6-22-35(39(51)36(29-47)55(32-16-10-7-11-17-32,33-18-12-8-13-19-33)34-20-14-9-15-21-34)50(41(52)53)37(42(2,3)4)27-28-38-48-49-40(54-38)30-23-25-31(26-24-30)43(44,45)46/h7-21,23-26,35,37H,5-6,22,27-28H2,1-4H3,(H,52,53)/t35-,37?/m0/s1. The molecule has 1 heterocycles. The van der Waals surface area contributed by atoms with Crippen LogP contribution in [-0.4, -0.2) is 49.5 Å². The molecule has 1 aromatic heterocycles. The van der Waals surface area contributed by atoms with Crippen LogP contribution >= 0.6 is 6.89 Å². The molecule has 286 valence electrons. The molecule has 0 saturated heterocycles. The van der Waals surface area contributed by atoms with Crippen molar-refractivity contribution in [1.82, 2.24) is 15.1 Å². The van der Waals surface area contributed by atoms with E-state index in [1.54, 1.807) is 0 Å². The lowest BCUT2D eigenvalue weighted by molar-refractivity contribution is -0.137. The van der Waals surface area contributed by atoms with Crippen molar-refractivity contribution in [1.29, 1.82) is 5.26 Å². The molecule has 2 atom stereocenters. The first-order chi connectivity index (χ1) is 26.2. The summed E-state index contributed by atoms with van der Waals surface area (Å²) in [4.78, 5) is 30.1. The first-order valence-corrected chi connectivity index (χ1v) is 19.9. The molecule has 5 rings (SSSR count). The normalized spacial score (nSPS) is 13.1. The molecule has 8 nitrogen and oxygen atoms in total. The highest BCUT2D eigenvalue weighted by Crippen LogP contribution is 2.47. The molecule has 4 aromatic carbocycles. The van der Waals surface area contributed by atoms with E-state index in [0.29, 0.717) is 18.4 Å². The number of aromatic nitrogens is 2. The van der Waals surface area contributed by atoms with Gasteiger partial charge >= 0.3 is 12.3 Å². The minimum Gasteiger partial charge on any atom is -0.465 e. The summed E-state index contributed by atoms with van der Waals surface area (Å²) in [5.41, 5.74) is -1.20. The van der Waals surface area contributed by atoms with Crippen molar-refractivity contribution >= 4 is 40.0 Å². The van der Waals surface area contributed by atoms with Gasteiger partial charge in [-0.25, -0.2) is 4.79 Å². The van der Waals surface area contributed by atoms with Gasteiger partial charge in [-0.05, 0) is 65.3 Å². The number of amides is 1. The number of aryl methyl sites for hydroxylation is 1. The summed E-state index contributed by atoms with van der Waals surface area (Å²) >= 11 is 0. The highest BCUT2D eigenvalue weighted by Gasteiger charge is 2.44. The summed E-state index contributed by atoms with van der Waals surface area (Å²) in [5, 5.41) is 32.7. The van der Waals surface area contributed by atoms with E-state index < -0.39 is 48.0 Å². The Hall–Kier alpha value is -5.46. The van der Waals surface area contributed by atoms with Gasteiger partial charge in [0.1, 0.15) is 11.4 Å². The Labute approximate surface area is 319 Å². The average Bonchev–Trinajstić information content (AvgIpc) is 3.65. The molecule has 1 amide bonds. The summed E-state index contributed by atoms with van der Waals surface area (Å²) < 4.78 is 45.2. The van der Waals surface area contributed by atoms with Crippen molar-refractivity contribution in [2.24, 2.45) is 5.41 Å². The fourth-order valence-corrected chi connectivity index (χ4v) is 11.2. The van der Waals surface area contributed by atoms with Gasteiger partial charge in [-0.2, -0.15) is 18.4 Å². The van der Waals surface area contributed by atoms with Crippen LogP contribution in [0.2, 0.25) is 0 Å². The fraction of sp³-hybridized carbons (Fsp3) is 0.302. The topological polar surface area (TPSA) is 120 Å². The van der Waals surface area contributed by atoms with E-state index in [0.717, 1.165) is 28.0 Å². The van der Waals surface area contributed by atoms with Gasteiger partial charge < -0.3 is 9.52 Å². The quantitative estimate of drug-likeness (QED) is 0.112. The number of Topliss-reactive ketones (excluding diaryl/α,β-unsaturated/α-hetero) is 1. The number of nitrogens with zero attached hydrogens (tertiary/aromatic N) is 4. The lowest BCUT2D eigenvalue weighted by atomic mass is 9.81. The van der Waals surface area contributed by atoms with Crippen molar-refractivity contribution in [3.63, 3.8) is 0 Å². The summed E-state index contributed by atoms with van der Waals surface area (Å²) in [6.07, 6.45) is -4.08. The molecule has 1 N–H and O–H groups in total. The predicted molar refractivity (Wildman–Crippen MR) is 210 cm³/mol. The zero-order chi connectivity index (χ0) is 39.8. The number of carbonyl (C=O) groups excluding carboxylic acids is 1. The molecular weight excluding hydrogens is 724 g/mol. The van der Waals surface area contributed by atoms with Crippen LogP contribution in [0.3, 0.4) is 0 Å². The largest absolute Gasteiger partial charge is 0.465 e. The number of halogens is 3. The zero-order valence-electron chi connectivity index (χ0n) is 31.2. The van der Waals surface area contributed by atoms with E-state index in [-0.39, 0.29) is 36.3 Å². The molecule has 0 spiro atoms. The maximum atomic E-state index is 15.4. The lowest BCUT2D eigenvalue weighted by Gasteiger charge is -2.43. The van der Waals surface area contributed by atoms with Crippen LogP contribution in [0.1, 0.15) is 64.8 Å². The van der Waals surface area contributed by atoms with E-state index in [1.807, 2.05) is 119 Å². The smallest absolute Gasteiger partial charge is 0.416 e. The van der Waals surface area contributed by atoms with E-state index >= 15 is 4.79 Å². The van der Waals surface area contributed by atoms with Gasteiger partial charge in [-0.3, -0.25) is 9.69 Å². The number of hydrogen-bond acceptors (Lipinski definition) is 6. The molecule has 0 aliphatic carbocycles. The number of carboxylic acid groups (broad SMARTS) is 1. The van der Waals surface area contributed by atoms with Gasteiger partial charge in [0, 0.05) is 18.0 Å². The first-order valence-electron chi connectivity index (χ1n) is 18.1. The van der Waals surface area contributed by atoms with E-state index in [2.05, 4.69) is 16.3 Å². The molecule has 0 saturated carbocycles. The lowest BCUT2D eigenvalue weighted by Crippen LogP contribution is -2.56. The highest BCUT2D eigenvalue weighted by atomic mass is 31.2. The Morgan fingerprint density at radius 3 is 1.75 bits per heavy atom. The maximum Gasteiger partial charge on any atom is 0.416 e. The van der Waals surface area contributed by atoms with Crippen LogP contribution in [-0.2, 0) is 17.4 Å². The minimum absolute atomic E-state index is 0.00852. The Morgan fingerprint density at radius 2 is 1.33 bits per heavy atom. The van der Waals surface area contributed by atoms with Crippen molar-refractivity contribution in [3.05, 3.63) is 127 Å². The number of carbonyl (C=O) groups is 2. The van der Waals surface area contributed by atoms with E-state index in [9.17, 15) is 28.3 Å². The molecule has 5 aromatic rings. The molecule has 55 heavy (non-hydrogen) atoms. The van der Waals surface area contributed by atoms with Gasteiger partial charge in [-0.1, -0.05) is 132 Å². The molecule has 0 fully saturated rings. The summed E-state index contributed by atoms with van der Waals surface area (Å²) in [7, 11) is 0. The van der Waals surface area contributed by atoms with Crippen molar-refractivity contribution in [2.75, 3.05) is 0 Å². The molecule has 0 aliphatic rings. The van der Waals surface area contributed by atoms with Crippen molar-refractivity contribution in [2.45, 2.75) is 78.1 Å². The van der Waals surface area contributed by atoms with Gasteiger partial charge in [0.25, 0.3) is 0 Å². The summed E-state index contributed by atoms with van der Waals surface area (Å²) in [6, 6.07) is 33.2. The molecule has 12 heteroatoms. The molecule has 1 unspecified atom stereocenters. The van der Waals surface area contributed by atoms with Gasteiger partial charge in [0.15, 0.2) is 5.78 Å². The van der Waals surface area contributed by atoms with Gasteiger partial charge in [-0.15, -0.1) is 10.2 Å². The first kappa shape index (κ1) is 40.7. The third kappa shape index (κ3) is 8.92. The Balaban J connectivity index is 1.62. The third-order valence-electron chi connectivity index (χ3n) is 9.69. The number of alkyl halides is 3. The van der Waals surface area contributed by atoms with Crippen LogP contribution in [0.5, 0.6) is 0 Å². The summed E-state index contributed by atoms with van der Waals surface area (Å²) in [5.74, 6) is -0.351. The number of ketones is 1. The summed E-state index contributed by atoms with van der Waals surface area (Å²) in [6.45, 7) is 4.47. The Bertz CT molecular complexity index is 2060. The second-order valence-corrected chi connectivity index (χ2v) is 17.7. The molecule has 0 bridgehead atoms. The average molecular weight is 769 g/mol. The van der Waals surface area contributed by atoms with Gasteiger partial charge in [0.05, 0.1) is 11.6 Å². The van der Waals surface area contributed by atoms with Crippen LogP contribution < -0.4 is 15.9 Å². The molecule has 0 aliphatic heterocycles. The Kier molecular flexibility index (Phi) is 12.8. The second kappa shape index (κ2) is 17.3. The number of hydrogen-bond donors (Lipinski definition) is 1. The number of nitriles is 1. The number of rotatable bonds is 14. The van der Waals surface area contributed by atoms with Gasteiger partial charge in [0.2, 0.25) is 11.8 Å². The van der Waals surface area contributed by atoms with E-state index in [4.69, 9.17) is 4.42 Å². The molecule has 0 radical (unpaired) electrons. The van der Waals surface area contributed by atoms with Crippen LogP contribution in [0, 0.1) is 16.7 Å². The minimum atomic E-state index is -4.49. The van der Waals surface area contributed by atoms with Crippen LogP contribution in [0.4, 0.5) is 18.0 Å². The Morgan fingerprint density at radius 1 is 0.818 bits per heavy atom. The predicted octanol–water partition coefficient (Wildman–Crippen LogP) is 8.90. The maximum absolute atomic E-state index is 15.4. The van der Waals surface area contributed by atoms with Crippen LogP contribution in [0.25, 0.3) is 11.5 Å². The number of unbranched alkanes of at least 4 members (excludes halogenated alkanes) is 1. The molecular formula is C43H44F3N4O4P. The highest BCUT2D eigenvalue weighted by molar-refractivity contribution is 7.97. The third-order valence-corrected chi connectivity index (χ3v) is 13.9. The SMILES string of the molecule is CCCC[C@@H](C(=O)C(C#N)=P(c1ccccc1)(c1ccccc1)c1ccccc1)N(C(=O)O)C(CCc1nnc(-c2ccc(C(F)(F)F)cc2)o1)C(C)(C)C. The van der Waals surface area contributed by atoms with Crippen molar-refractivity contribution in [3.8, 4) is 17.5 Å². The van der Waals surface area contributed by atoms with Crippen molar-refractivity contribution < 1.29 is 32.3 Å². The monoisotopic (exact) mass is 768 g/mol. The van der Waals surface area contributed by atoms with Crippen LogP contribution in [0.15, 0.2) is 120 Å².